The Kier molecular flexibility index (Phi) is 3.75. The van der Waals surface area contributed by atoms with Crippen molar-refractivity contribution in [1.82, 2.24) is 5.06 Å². The van der Waals surface area contributed by atoms with Crippen molar-refractivity contribution >= 4 is 15.9 Å². The maximum absolute atomic E-state index is 5.80. The van der Waals surface area contributed by atoms with Gasteiger partial charge in [0.25, 0.3) is 0 Å². The standard InChI is InChI=1S/C11H15BrN2O/c12-10-4-1-3-9(7-10)11(8-13)14-5-2-6-15-14/h1,3-4,7,11H,2,5-6,8,13H2. The zero-order chi connectivity index (χ0) is 10.7. The van der Waals surface area contributed by atoms with Crippen molar-refractivity contribution in [3.05, 3.63) is 34.3 Å². The summed E-state index contributed by atoms with van der Waals surface area (Å²) in [6, 6.07) is 8.40. The lowest BCUT2D eigenvalue weighted by molar-refractivity contribution is -0.140. The zero-order valence-corrected chi connectivity index (χ0v) is 10.1. The lowest BCUT2D eigenvalue weighted by Gasteiger charge is -2.25. The van der Waals surface area contributed by atoms with Gasteiger partial charge in [-0.15, -0.1) is 0 Å². The monoisotopic (exact) mass is 270 g/mol. The number of rotatable bonds is 3. The van der Waals surface area contributed by atoms with Crippen LogP contribution in [0.4, 0.5) is 0 Å². The SMILES string of the molecule is NCC(c1cccc(Br)c1)N1CCCO1. The molecule has 0 bridgehead atoms. The van der Waals surface area contributed by atoms with Crippen LogP contribution in [-0.2, 0) is 4.84 Å². The molecule has 1 atom stereocenters. The van der Waals surface area contributed by atoms with Crippen LogP contribution < -0.4 is 5.73 Å². The number of benzene rings is 1. The first-order valence-corrected chi connectivity index (χ1v) is 5.95. The molecular formula is C11H15BrN2O. The second kappa shape index (κ2) is 5.07. The summed E-state index contributed by atoms with van der Waals surface area (Å²) in [5.74, 6) is 0. The van der Waals surface area contributed by atoms with E-state index in [2.05, 4.69) is 28.1 Å². The molecule has 1 fully saturated rings. The molecule has 0 aromatic heterocycles. The van der Waals surface area contributed by atoms with Crippen LogP contribution in [0.5, 0.6) is 0 Å². The third kappa shape index (κ3) is 2.58. The Hall–Kier alpha value is -0.420. The fourth-order valence-corrected chi connectivity index (χ4v) is 2.26. The van der Waals surface area contributed by atoms with Crippen LogP contribution in [0.2, 0.25) is 0 Å². The molecule has 1 saturated heterocycles. The minimum absolute atomic E-state index is 0.171. The van der Waals surface area contributed by atoms with E-state index in [0.717, 1.165) is 24.0 Å². The molecule has 0 spiro atoms. The maximum Gasteiger partial charge on any atom is 0.0724 e. The first kappa shape index (κ1) is 11.1. The number of hydrogen-bond donors (Lipinski definition) is 1. The molecule has 2 N–H and O–H groups in total. The Bertz CT molecular complexity index is 326. The van der Waals surface area contributed by atoms with Gasteiger partial charge in [-0.05, 0) is 24.1 Å². The van der Waals surface area contributed by atoms with Gasteiger partial charge in [-0.25, -0.2) is 0 Å². The molecule has 15 heavy (non-hydrogen) atoms. The Morgan fingerprint density at radius 1 is 1.53 bits per heavy atom. The molecule has 0 amide bonds. The second-order valence-electron chi connectivity index (χ2n) is 3.63. The Morgan fingerprint density at radius 3 is 3.00 bits per heavy atom. The van der Waals surface area contributed by atoms with Gasteiger partial charge in [-0.1, -0.05) is 28.1 Å². The summed E-state index contributed by atoms with van der Waals surface area (Å²) in [6.45, 7) is 2.36. The highest BCUT2D eigenvalue weighted by Gasteiger charge is 2.23. The van der Waals surface area contributed by atoms with Crippen molar-refractivity contribution in [1.29, 1.82) is 0 Å². The molecule has 0 radical (unpaired) electrons. The van der Waals surface area contributed by atoms with Gasteiger partial charge in [0.15, 0.2) is 0 Å². The van der Waals surface area contributed by atoms with Crippen molar-refractivity contribution < 1.29 is 4.84 Å². The first-order chi connectivity index (χ1) is 7.31. The molecule has 0 saturated carbocycles. The van der Waals surface area contributed by atoms with Crippen LogP contribution in [0.25, 0.3) is 0 Å². The van der Waals surface area contributed by atoms with E-state index in [1.807, 2.05) is 17.2 Å². The molecule has 0 aliphatic carbocycles. The Balaban J connectivity index is 2.18. The van der Waals surface area contributed by atoms with Gasteiger partial charge in [0.2, 0.25) is 0 Å². The van der Waals surface area contributed by atoms with Crippen LogP contribution in [0.1, 0.15) is 18.0 Å². The van der Waals surface area contributed by atoms with E-state index >= 15 is 0 Å². The van der Waals surface area contributed by atoms with E-state index in [1.54, 1.807) is 0 Å². The van der Waals surface area contributed by atoms with E-state index in [0.29, 0.717) is 6.54 Å². The molecule has 3 nitrogen and oxygen atoms in total. The fourth-order valence-electron chi connectivity index (χ4n) is 1.85. The molecule has 4 heteroatoms. The highest BCUT2D eigenvalue weighted by atomic mass is 79.9. The summed E-state index contributed by atoms with van der Waals surface area (Å²) in [7, 11) is 0. The highest BCUT2D eigenvalue weighted by Crippen LogP contribution is 2.25. The van der Waals surface area contributed by atoms with E-state index in [1.165, 1.54) is 5.56 Å². The number of halogens is 1. The molecule has 1 heterocycles. The van der Waals surface area contributed by atoms with E-state index < -0.39 is 0 Å². The fraction of sp³-hybridized carbons (Fsp3) is 0.455. The largest absolute Gasteiger partial charge is 0.329 e. The predicted octanol–water partition coefficient (Wildman–Crippen LogP) is 2.09. The Morgan fingerprint density at radius 2 is 2.40 bits per heavy atom. The summed E-state index contributed by atoms with van der Waals surface area (Å²) in [6.07, 6.45) is 1.09. The van der Waals surface area contributed by atoms with E-state index in [9.17, 15) is 0 Å². The molecule has 1 unspecified atom stereocenters. The lowest BCUT2D eigenvalue weighted by Crippen LogP contribution is -2.30. The molecule has 1 aromatic rings. The van der Waals surface area contributed by atoms with E-state index in [-0.39, 0.29) is 6.04 Å². The van der Waals surface area contributed by atoms with Gasteiger partial charge >= 0.3 is 0 Å². The topological polar surface area (TPSA) is 38.5 Å². The van der Waals surface area contributed by atoms with Crippen LogP contribution >= 0.6 is 15.9 Å². The van der Waals surface area contributed by atoms with Crippen LogP contribution in [0, 0.1) is 0 Å². The van der Waals surface area contributed by atoms with Crippen molar-refractivity contribution in [2.24, 2.45) is 5.73 Å². The van der Waals surface area contributed by atoms with Crippen molar-refractivity contribution in [2.45, 2.75) is 12.5 Å². The average Bonchev–Trinajstić information content (AvgIpc) is 2.72. The van der Waals surface area contributed by atoms with E-state index in [4.69, 9.17) is 10.6 Å². The van der Waals surface area contributed by atoms with Crippen LogP contribution in [-0.4, -0.2) is 24.8 Å². The average molecular weight is 271 g/mol. The molecule has 1 aliphatic heterocycles. The minimum Gasteiger partial charge on any atom is -0.329 e. The number of nitrogens with zero attached hydrogens (tertiary/aromatic N) is 1. The van der Waals surface area contributed by atoms with Crippen LogP contribution in [0.3, 0.4) is 0 Å². The summed E-state index contributed by atoms with van der Waals surface area (Å²) < 4.78 is 1.08. The quantitative estimate of drug-likeness (QED) is 0.914. The molecule has 1 aliphatic rings. The summed E-state index contributed by atoms with van der Waals surface area (Å²) in [5, 5.41) is 1.99. The number of hydrogen-bond acceptors (Lipinski definition) is 3. The third-order valence-corrected chi connectivity index (χ3v) is 3.08. The van der Waals surface area contributed by atoms with Gasteiger partial charge < -0.3 is 5.73 Å². The zero-order valence-electron chi connectivity index (χ0n) is 8.53. The van der Waals surface area contributed by atoms with Crippen molar-refractivity contribution in [2.75, 3.05) is 19.7 Å². The summed E-state index contributed by atoms with van der Waals surface area (Å²) in [4.78, 5) is 5.54. The number of hydroxylamine groups is 2. The predicted molar refractivity (Wildman–Crippen MR) is 63.2 cm³/mol. The number of nitrogens with two attached hydrogens (primary N) is 1. The minimum atomic E-state index is 0.171. The van der Waals surface area contributed by atoms with Gasteiger partial charge in [-0.2, -0.15) is 5.06 Å². The lowest BCUT2D eigenvalue weighted by atomic mass is 10.1. The summed E-state index contributed by atoms with van der Waals surface area (Å²) in [5.41, 5.74) is 7.00. The maximum atomic E-state index is 5.80. The molecule has 82 valence electrons. The highest BCUT2D eigenvalue weighted by molar-refractivity contribution is 9.10. The Labute approximate surface area is 98.3 Å². The van der Waals surface area contributed by atoms with Gasteiger partial charge in [0.05, 0.1) is 12.6 Å². The van der Waals surface area contributed by atoms with Crippen molar-refractivity contribution in [3.63, 3.8) is 0 Å². The molecule has 2 rings (SSSR count). The molecular weight excluding hydrogens is 256 g/mol. The normalized spacial score (nSPS) is 19.3. The van der Waals surface area contributed by atoms with Gasteiger partial charge in [0, 0.05) is 17.6 Å². The summed E-state index contributed by atoms with van der Waals surface area (Å²) >= 11 is 3.47. The first-order valence-electron chi connectivity index (χ1n) is 5.16. The van der Waals surface area contributed by atoms with Gasteiger partial charge in [0.1, 0.15) is 0 Å². The van der Waals surface area contributed by atoms with Crippen molar-refractivity contribution in [3.8, 4) is 0 Å². The second-order valence-corrected chi connectivity index (χ2v) is 4.55. The van der Waals surface area contributed by atoms with Gasteiger partial charge in [-0.3, -0.25) is 4.84 Å². The smallest absolute Gasteiger partial charge is 0.0724 e. The van der Waals surface area contributed by atoms with Crippen LogP contribution in [0.15, 0.2) is 28.7 Å². The third-order valence-electron chi connectivity index (χ3n) is 2.58. The molecule has 1 aromatic carbocycles.